The number of halogens is 1. The first kappa shape index (κ1) is 17.9. The summed E-state index contributed by atoms with van der Waals surface area (Å²) in [6.45, 7) is 2.15. The van der Waals surface area contributed by atoms with Crippen molar-refractivity contribution in [1.29, 1.82) is 0 Å². The SMILES string of the molecule is COCc1ccc(C2COC(C3CCC(C=CCl)CC3)OC2)cc1. The Morgan fingerprint density at radius 2 is 1.75 bits per heavy atom. The second kappa shape index (κ2) is 9.00. The van der Waals surface area contributed by atoms with E-state index < -0.39 is 0 Å². The predicted octanol–water partition coefficient (Wildman–Crippen LogP) is 4.85. The minimum atomic E-state index is -0.0325. The van der Waals surface area contributed by atoms with Gasteiger partial charge in [0.25, 0.3) is 0 Å². The quantitative estimate of drug-likeness (QED) is 0.759. The highest BCUT2D eigenvalue weighted by Crippen LogP contribution is 2.35. The minimum Gasteiger partial charge on any atom is -0.380 e. The molecule has 24 heavy (non-hydrogen) atoms. The van der Waals surface area contributed by atoms with Gasteiger partial charge in [-0.1, -0.05) is 41.9 Å². The molecule has 1 aliphatic heterocycles. The van der Waals surface area contributed by atoms with Crippen molar-refractivity contribution >= 4 is 11.6 Å². The third-order valence-electron chi connectivity index (χ3n) is 5.23. The molecule has 3 nitrogen and oxygen atoms in total. The monoisotopic (exact) mass is 350 g/mol. The van der Waals surface area contributed by atoms with Crippen LogP contribution in [0.3, 0.4) is 0 Å². The molecular weight excluding hydrogens is 324 g/mol. The molecule has 3 rings (SSSR count). The molecule has 1 aliphatic carbocycles. The van der Waals surface area contributed by atoms with Crippen LogP contribution >= 0.6 is 11.6 Å². The first-order chi connectivity index (χ1) is 11.8. The van der Waals surface area contributed by atoms with Gasteiger partial charge in [-0.3, -0.25) is 0 Å². The van der Waals surface area contributed by atoms with Gasteiger partial charge in [0.05, 0.1) is 19.8 Å². The molecule has 1 saturated heterocycles. The molecule has 0 amide bonds. The zero-order valence-electron chi connectivity index (χ0n) is 14.3. The summed E-state index contributed by atoms with van der Waals surface area (Å²) in [5.41, 5.74) is 4.13. The molecule has 2 aliphatic rings. The zero-order chi connectivity index (χ0) is 16.8. The Balaban J connectivity index is 1.47. The van der Waals surface area contributed by atoms with E-state index in [1.165, 1.54) is 24.0 Å². The Labute approximate surface area is 149 Å². The highest BCUT2D eigenvalue weighted by molar-refractivity contribution is 6.25. The van der Waals surface area contributed by atoms with Gasteiger partial charge >= 0.3 is 0 Å². The fourth-order valence-electron chi connectivity index (χ4n) is 3.75. The molecule has 1 heterocycles. The first-order valence-electron chi connectivity index (χ1n) is 8.88. The Morgan fingerprint density at radius 3 is 2.33 bits per heavy atom. The summed E-state index contributed by atoms with van der Waals surface area (Å²) in [5, 5.41) is 0. The van der Waals surface area contributed by atoms with Crippen molar-refractivity contribution in [3.8, 4) is 0 Å². The number of allylic oxidation sites excluding steroid dienone is 1. The van der Waals surface area contributed by atoms with Gasteiger partial charge in [0.15, 0.2) is 6.29 Å². The number of rotatable bonds is 5. The molecular formula is C20H27ClO3. The van der Waals surface area contributed by atoms with E-state index in [0.717, 1.165) is 26.1 Å². The molecule has 1 saturated carbocycles. The van der Waals surface area contributed by atoms with Gasteiger partial charge in [0.1, 0.15) is 0 Å². The lowest BCUT2D eigenvalue weighted by atomic mass is 9.81. The van der Waals surface area contributed by atoms with Crippen molar-refractivity contribution < 1.29 is 14.2 Å². The van der Waals surface area contributed by atoms with Gasteiger partial charge in [-0.2, -0.15) is 0 Å². The van der Waals surface area contributed by atoms with Crippen molar-refractivity contribution in [1.82, 2.24) is 0 Å². The van der Waals surface area contributed by atoms with Gasteiger partial charge in [-0.15, -0.1) is 0 Å². The average molecular weight is 351 g/mol. The smallest absolute Gasteiger partial charge is 0.160 e. The van der Waals surface area contributed by atoms with E-state index in [0.29, 0.717) is 24.4 Å². The molecule has 0 aromatic heterocycles. The molecule has 0 bridgehead atoms. The Bertz CT molecular complexity index is 512. The van der Waals surface area contributed by atoms with Crippen LogP contribution in [-0.2, 0) is 20.8 Å². The van der Waals surface area contributed by atoms with Crippen LogP contribution in [0.25, 0.3) is 0 Å². The molecule has 1 aromatic carbocycles. The fraction of sp³-hybridized carbons (Fsp3) is 0.600. The summed E-state index contributed by atoms with van der Waals surface area (Å²) in [7, 11) is 1.72. The Morgan fingerprint density at radius 1 is 1.08 bits per heavy atom. The van der Waals surface area contributed by atoms with Crippen LogP contribution in [-0.4, -0.2) is 26.6 Å². The van der Waals surface area contributed by atoms with Crippen LogP contribution in [0.1, 0.15) is 42.7 Å². The van der Waals surface area contributed by atoms with E-state index in [1.807, 2.05) is 0 Å². The molecule has 0 spiro atoms. The van der Waals surface area contributed by atoms with Gasteiger partial charge in [0.2, 0.25) is 0 Å². The van der Waals surface area contributed by atoms with Crippen molar-refractivity contribution in [2.24, 2.45) is 11.8 Å². The molecule has 2 fully saturated rings. The van der Waals surface area contributed by atoms with Crippen LogP contribution < -0.4 is 0 Å². The maximum absolute atomic E-state index is 6.07. The molecule has 4 heteroatoms. The third kappa shape index (κ3) is 4.60. The standard InChI is InChI=1S/C20H27ClO3/c1-22-12-16-4-6-17(7-5-16)19-13-23-20(24-14-19)18-8-2-15(3-9-18)10-11-21/h4-7,10-11,15,18-20H,2-3,8-9,12-14H2,1H3. The summed E-state index contributed by atoms with van der Waals surface area (Å²) in [6.07, 6.45) is 6.77. The summed E-state index contributed by atoms with van der Waals surface area (Å²) < 4.78 is 17.3. The molecule has 0 unspecified atom stereocenters. The van der Waals surface area contributed by atoms with E-state index in [9.17, 15) is 0 Å². The van der Waals surface area contributed by atoms with Crippen LogP contribution in [0.15, 0.2) is 35.9 Å². The Kier molecular flexibility index (Phi) is 6.73. The van der Waals surface area contributed by atoms with Gasteiger partial charge in [0, 0.05) is 24.5 Å². The average Bonchev–Trinajstić information content (AvgIpc) is 2.64. The third-order valence-corrected chi connectivity index (χ3v) is 5.38. The molecule has 0 atom stereocenters. The number of hydrogen-bond donors (Lipinski definition) is 0. The van der Waals surface area contributed by atoms with Gasteiger partial charge in [-0.25, -0.2) is 0 Å². The second-order valence-corrected chi connectivity index (χ2v) is 7.15. The summed E-state index contributed by atoms with van der Waals surface area (Å²) in [5.74, 6) is 1.48. The number of methoxy groups -OCH3 is 1. The molecule has 0 radical (unpaired) electrons. The van der Waals surface area contributed by atoms with Gasteiger partial charge in [-0.05, 0) is 42.7 Å². The maximum Gasteiger partial charge on any atom is 0.160 e. The van der Waals surface area contributed by atoms with E-state index in [1.54, 1.807) is 12.6 Å². The van der Waals surface area contributed by atoms with Gasteiger partial charge < -0.3 is 14.2 Å². The lowest BCUT2D eigenvalue weighted by Gasteiger charge is -2.37. The molecule has 1 aromatic rings. The normalized spacial score (nSPS) is 31.4. The minimum absolute atomic E-state index is 0.0325. The van der Waals surface area contributed by atoms with E-state index in [4.69, 9.17) is 25.8 Å². The topological polar surface area (TPSA) is 27.7 Å². The lowest BCUT2D eigenvalue weighted by Crippen LogP contribution is -2.37. The maximum atomic E-state index is 6.07. The number of hydrogen-bond acceptors (Lipinski definition) is 3. The molecule has 132 valence electrons. The number of ether oxygens (including phenoxy) is 3. The van der Waals surface area contributed by atoms with Crippen molar-refractivity contribution in [3.05, 3.63) is 47.0 Å². The van der Waals surface area contributed by atoms with E-state index in [-0.39, 0.29) is 6.29 Å². The number of benzene rings is 1. The van der Waals surface area contributed by atoms with Crippen molar-refractivity contribution in [2.75, 3.05) is 20.3 Å². The van der Waals surface area contributed by atoms with Crippen LogP contribution in [0.5, 0.6) is 0 Å². The molecule has 0 N–H and O–H groups in total. The summed E-state index contributed by atoms with van der Waals surface area (Å²) >= 11 is 5.68. The fourth-order valence-corrected chi connectivity index (χ4v) is 3.95. The first-order valence-corrected chi connectivity index (χ1v) is 9.31. The van der Waals surface area contributed by atoms with E-state index in [2.05, 4.69) is 30.3 Å². The van der Waals surface area contributed by atoms with Crippen molar-refractivity contribution in [2.45, 2.75) is 44.5 Å². The Hall–Kier alpha value is -0.870. The van der Waals surface area contributed by atoms with Crippen molar-refractivity contribution in [3.63, 3.8) is 0 Å². The lowest BCUT2D eigenvalue weighted by molar-refractivity contribution is -0.217. The second-order valence-electron chi connectivity index (χ2n) is 6.90. The zero-order valence-corrected chi connectivity index (χ0v) is 15.1. The van der Waals surface area contributed by atoms with Crippen LogP contribution in [0, 0.1) is 11.8 Å². The summed E-state index contributed by atoms with van der Waals surface area (Å²) in [4.78, 5) is 0. The highest BCUT2D eigenvalue weighted by Gasteiger charge is 2.32. The highest BCUT2D eigenvalue weighted by atomic mass is 35.5. The van der Waals surface area contributed by atoms with Crippen LogP contribution in [0.2, 0.25) is 0 Å². The largest absolute Gasteiger partial charge is 0.380 e. The summed E-state index contributed by atoms with van der Waals surface area (Å²) in [6, 6.07) is 8.57. The predicted molar refractivity (Wildman–Crippen MR) is 96.0 cm³/mol. The van der Waals surface area contributed by atoms with Crippen LogP contribution in [0.4, 0.5) is 0 Å². The van der Waals surface area contributed by atoms with E-state index >= 15 is 0 Å².